The average molecular weight is 531 g/mol. The monoisotopic (exact) mass is 530 g/mol. The van der Waals surface area contributed by atoms with Crippen LogP contribution in [-0.4, -0.2) is 53.9 Å². The van der Waals surface area contributed by atoms with Gasteiger partial charge < -0.3 is 30.7 Å². The van der Waals surface area contributed by atoms with Gasteiger partial charge in [0.05, 0.1) is 42.5 Å². The zero-order valence-corrected chi connectivity index (χ0v) is 22.5. The Labute approximate surface area is 227 Å². The summed E-state index contributed by atoms with van der Waals surface area (Å²) in [7, 11) is 0. The van der Waals surface area contributed by atoms with Crippen LogP contribution in [0.1, 0.15) is 54.8 Å². The van der Waals surface area contributed by atoms with Crippen molar-refractivity contribution in [2.45, 2.75) is 45.3 Å². The van der Waals surface area contributed by atoms with Gasteiger partial charge in [-0.1, -0.05) is 24.3 Å². The van der Waals surface area contributed by atoms with Crippen molar-refractivity contribution in [1.29, 1.82) is 0 Å². The zero-order chi connectivity index (χ0) is 27.6. The van der Waals surface area contributed by atoms with Crippen molar-refractivity contribution in [2.75, 3.05) is 42.3 Å². The van der Waals surface area contributed by atoms with Crippen LogP contribution in [0.5, 0.6) is 0 Å². The first-order valence-electron chi connectivity index (χ1n) is 13.2. The number of carbonyl (C=O) groups excluding carboxylic acids is 2. The topological polar surface area (TPSA) is 132 Å². The minimum absolute atomic E-state index is 0.0582. The molecule has 1 aromatic heterocycles. The molecule has 10 heteroatoms. The van der Waals surface area contributed by atoms with Crippen LogP contribution in [0.15, 0.2) is 48.7 Å². The highest BCUT2D eigenvalue weighted by Crippen LogP contribution is 2.34. The third kappa shape index (κ3) is 6.12. The Morgan fingerprint density at radius 2 is 1.90 bits per heavy atom. The summed E-state index contributed by atoms with van der Waals surface area (Å²) in [4.78, 5) is 36.6. The van der Waals surface area contributed by atoms with Crippen LogP contribution in [0.25, 0.3) is 11.3 Å². The van der Waals surface area contributed by atoms with Crippen LogP contribution in [-0.2, 0) is 15.9 Å². The molecular weight excluding hydrogens is 496 g/mol. The largest absolute Gasteiger partial charge is 0.444 e. The van der Waals surface area contributed by atoms with E-state index >= 15 is 0 Å². The molecule has 3 aromatic rings. The van der Waals surface area contributed by atoms with E-state index in [9.17, 15) is 9.59 Å². The zero-order valence-electron chi connectivity index (χ0n) is 22.5. The maximum Gasteiger partial charge on any atom is 0.408 e. The van der Waals surface area contributed by atoms with Crippen molar-refractivity contribution in [1.82, 2.24) is 15.3 Å². The van der Waals surface area contributed by atoms with Gasteiger partial charge in [-0.2, -0.15) is 0 Å². The molecule has 1 atom stereocenters. The summed E-state index contributed by atoms with van der Waals surface area (Å²) in [6.07, 6.45) is 2.72. The Morgan fingerprint density at radius 1 is 1.13 bits per heavy atom. The van der Waals surface area contributed by atoms with Crippen LogP contribution < -0.4 is 21.3 Å². The lowest BCUT2D eigenvalue weighted by Gasteiger charge is -2.30. The number of carbonyl (C=O) groups is 2. The Hall–Kier alpha value is -4.18. The molecule has 2 aromatic carbocycles. The van der Waals surface area contributed by atoms with E-state index in [-0.39, 0.29) is 17.6 Å². The van der Waals surface area contributed by atoms with Gasteiger partial charge in [0.2, 0.25) is 0 Å². The molecule has 5 rings (SSSR count). The van der Waals surface area contributed by atoms with Gasteiger partial charge in [-0.15, -0.1) is 0 Å². The van der Waals surface area contributed by atoms with Gasteiger partial charge in [0.25, 0.3) is 5.91 Å². The second kappa shape index (κ2) is 10.9. The first-order chi connectivity index (χ1) is 18.7. The first-order valence-corrected chi connectivity index (χ1v) is 13.2. The van der Waals surface area contributed by atoms with E-state index in [1.807, 2.05) is 63.2 Å². The third-order valence-corrected chi connectivity index (χ3v) is 6.73. The summed E-state index contributed by atoms with van der Waals surface area (Å²) in [6, 6.07) is 13.5. The Bertz CT molecular complexity index is 1380. The SMILES string of the molecule is CC(C)(C)OC(=O)NC1CCc2cc(-c3cnc(N)c(C(=O)Nc4ccccc4N4CCOCC4)n3)ccc21. The molecule has 204 valence electrons. The number of hydrogen-bond acceptors (Lipinski definition) is 8. The molecular formula is C29H34N6O4. The predicted molar refractivity (Wildman–Crippen MR) is 150 cm³/mol. The molecule has 10 nitrogen and oxygen atoms in total. The lowest BCUT2D eigenvalue weighted by molar-refractivity contribution is 0.0503. The van der Waals surface area contributed by atoms with E-state index in [2.05, 4.69) is 25.5 Å². The fourth-order valence-electron chi connectivity index (χ4n) is 4.92. The molecule has 1 saturated heterocycles. The molecule has 39 heavy (non-hydrogen) atoms. The van der Waals surface area contributed by atoms with E-state index in [4.69, 9.17) is 15.2 Å². The number of aromatic nitrogens is 2. The summed E-state index contributed by atoms with van der Waals surface area (Å²) in [5.74, 6) is -0.367. The Balaban J connectivity index is 1.34. The second-order valence-electron chi connectivity index (χ2n) is 10.7. The van der Waals surface area contributed by atoms with Crippen molar-refractivity contribution in [3.05, 3.63) is 65.5 Å². The number of benzene rings is 2. The second-order valence-corrected chi connectivity index (χ2v) is 10.7. The molecule has 1 aliphatic heterocycles. The van der Waals surface area contributed by atoms with Gasteiger partial charge in [0.1, 0.15) is 5.60 Å². The minimum Gasteiger partial charge on any atom is -0.444 e. The quantitative estimate of drug-likeness (QED) is 0.444. The van der Waals surface area contributed by atoms with E-state index in [0.717, 1.165) is 48.3 Å². The number of morpholine rings is 1. The van der Waals surface area contributed by atoms with Crippen molar-refractivity contribution in [3.63, 3.8) is 0 Å². The fourth-order valence-corrected chi connectivity index (χ4v) is 4.92. The molecule has 0 spiro atoms. The van der Waals surface area contributed by atoms with Gasteiger partial charge in [-0.3, -0.25) is 4.79 Å². The molecule has 0 bridgehead atoms. The molecule has 4 N–H and O–H groups in total. The van der Waals surface area contributed by atoms with Gasteiger partial charge in [0.15, 0.2) is 11.5 Å². The standard InChI is InChI=1S/C29H34N6O4/c1-29(2,3)39-28(37)34-21-11-9-18-16-19(8-10-20(18)21)23-17-31-26(30)25(32-23)27(36)33-22-6-4-5-7-24(22)35-12-14-38-15-13-35/h4-8,10,16-17,21H,9,11-15H2,1-3H3,(H2,30,31)(H,33,36)(H,34,37). The summed E-state index contributed by atoms with van der Waals surface area (Å²) < 4.78 is 10.9. The van der Waals surface area contributed by atoms with Crippen LogP contribution in [0, 0.1) is 0 Å². The third-order valence-electron chi connectivity index (χ3n) is 6.73. The number of nitrogens with two attached hydrogens (primary N) is 1. The normalized spacial score (nSPS) is 16.9. The molecule has 2 amide bonds. The summed E-state index contributed by atoms with van der Waals surface area (Å²) in [6.45, 7) is 8.29. The molecule has 1 unspecified atom stereocenters. The van der Waals surface area contributed by atoms with Crippen LogP contribution in [0.4, 0.5) is 22.0 Å². The number of alkyl carbamates (subject to hydrolysis) is 1. The lowest BCUT2D eigenvalue weighted by atomic mass is 10.0. The highest BCUT2D eigenvalue weighted by atomic mass is 16.6. The number of para-hydroxylation sites is 2. The highest BCUT2D eigenvalue weighted by Gasteiger charge is 2.27. The van der Waals surface area contributed by atoms with Crippen molar-refractivity contribution >= 4 is 29.2 Å². The minimum atomic E-state index is -0.558. The average Bonchev–Trinajstić information content (AvgIpc) is 3.30. The number of hydrogen-bond donors (Lipinski definition) is 3. The number of nitrogens with zero attached hydrogens (tertiary/aromatic N) is 3. The number of nitrogen functional groups attached to an aromatic ring is 1. The van der Waals surface area contributed by atoms with E-state index in [0.29, 0.717) is 24.6 Å². The molecule has 2 aliphatic rings. The number of ether oxygens (including phenoxy) is 2. The lowest BCUT2D eigenvalue weighted by Crippen LogP contribution is -2.36. The predicted octanol–water partition coefficient (Wildman–Crippen LogP) is 4.33. The number of amides is 2. The number of rotatable bonds is 5. The summed E-state index contributed by atoms with van der Waals surface area (Å²) in [5, 5.41) is 5.93. The molecule has 0 radical (unpaired) electrons. The number of fused-ring (bicyclic) bond motifs is 1. The Morgan fingerprint density at radius 3 is 2.67 bits per heavy atom. The molecule has 0 saturated carbocycles. The molecule has 1 aliphatic carbocycles. The van der Waals surface area contributed by atoms with Gasteiger partial charge in [-0.25, -0.2) is 14.8 Å². The first kappa shape index (κ1) is 26.4. The summed E-state index contributed by atoms with van der Waals surface area (Å²) >= 11 is 0. The van der Waals surface area contributed by atoms with Gasteiger partial charge >= 0.3 is 6.09 Å². The fraction of sp³-hybridized carbons (Fsp3) is 0.379. The van der Waals surface area contributed by atoms with E-state index < -0.39 is 17.6 Å². The smallest absolute Gasteiger partial charge is 0.408 e. The van der Waals surface area contributed by atoms with Gasteiger partial charge in [-0.05, 0) is 62.9 Å². The Kier molecular flexibility index (Phi) is 7.38. The number of aryl methyl sites for hydroxylation is 1. The van der Waals surface area contributed by atoms with Crippen LogP contribution in [0.3, 0.4) is 0 Å². The van der Waals surface area contributed by atoms with E-state index in [1.54, 1.807) is 6.20 Å². The number of nitrogens with one attached hydrogen (secondary N) is 2. The maximum absolute atomic E-state index is 13.3. The molecule has 1 fully saturated rings. The number of anilines is 3. The van der Waals surface area contributed by atoms with Gasteiger partial charge in [0, 0.05) is 18.7 Å². The summed E-state index contributed by atoms with van der Waals surface area (Å²) in [5.41, 5.74) is 10.7. The highest BCUT2D eigenvalue weighted by molar-refractivity contribution is 6.07. The maximum atomic E-state index is 13.3. The van der Waals surface area contributed by atoms with E-state index in [1.165, 1.54) is 0 Å². The van der Waals surface area contributed by atoms with Crippen LogP contribution in [0.2, 0.25) is 0 Å². The molecule has 2 heterocycles. The van der Waals surface area contributed by atoms with Crippen molar-refractivity contribution in [2.24, 2.45) is 0 Å². The van der Waals surface area contributed by atoms with Crippen molar-refractivity contribution < 1.29 is 19.1 Å². The van der Waals surface area contributed by atoms with Crippen LogP contribution >= 0.6 is 0 Å². The van der Waals surface area contributed by atoms with Crippen molar-refractivity contribution in [3.8, 4) is 11.3 Å².